The number of methoxy groups -OCH3 is 2. The van der Waals surface area contributed by atoms with Crippen LogP contribution in [-0.4, -0.2) is 26.7 Å². The molecule has 0 spiro atoms. The smallest absolute Gasteiger partial charge is 0.262 e. The molecule has 2 aromatic rings. The maximum atomic E-state index is 12.1. The lowest BCUT2D eigenvalue weighted by Gasteiger charge is -2.13. The molecule has 0 unspecified atom stereocenters. The molecule has 0 aliphatic rings. The number of ether oxygens (including phenoxy) is 3. The zero-order valence-corrected chi connectivity index (χ0v) is 15.2. The van der Waals surface area contributed by atoms with Crippen molar-refractivity contribution >= 4 is 11.6 Å². The minimum absolute atomic E-state index is 0.0803. The lowest BCUT2D eigenvalue weighted by Crippen LogP contribution is -2.20. The Morgan fingerprint density at radius 1 is 1.04 bits per heavy atom. The van der Waals surface area contributed by atoms with E-state index in [9.17, 15) is 4.79 Å². The molecule has 0 saturated heterocycles. The van der Waals surface area contributed by atoms with Crippen LogP contribution in [-0.2, 0) is 4.79 Å². The molecule has 0 aliphatic heterocycles. The van der Waals surface area contributed by atoms with Crippen molar-refractivity contribution in [2.75, 3.05) is 26.1 Å². The number of benzene rings is 2. The van der Waals surface area contributed by atoms with Gasteiger partial charge in [0, 0.05) is 6.07 Å². The molecule has 0 aromatic heterocycles. The van der Waals surface area contributed by atoms with Crippen molar-refractivity contribution in [3.63, 3.8) is 0 Å². The van der Waals surface area contributed by atoms with Crippen LogP contribution in [0.25, 0.3) is 0 Å². The van der Waals surface area contributed by atoms with Crippen molar-refractivity contribution < 1.29 is 19.0 Å². The average Bonchev–Trinajstić information content (AvgIpc) is 2.66. The number of hydrogen-bond acceptors (Lipinski definition) is 4. The van der Waals surface area contributed by atoms with E-state index in [4.69, 9.17) is 14.2 Å². The summed E-state index contributed by atoms with van der Waals surface area (Å²) < 4.78 is 16.0. The lowest BCUT2D eigenvalue weighted by atomic mass is 9.99. The number of rotatable bonds is 8. The van der Waals surface area contributed by atoms with Crippen LogP contribution in [0.15, 0.2) is 42.5 Å². The van der Waals surface area contributed by atoms with Crippen molar-refractivity contribution in [2.24, 2.45) is 0 Å². The maximum Gasteiger partial charge on any atom is 0.262 e. The monoisotopic (exact) mass is 343 g/mol. The number of carbonyl (C=O) groups excluding carboxylic acids is 1. The highest BCUT2D eigenvalue weighted by atomic mass is 16.5. The first kappa shape index (κ1) is 18.6. The molecule has 0 heterocycles. The van der Waals surface area contributed by atoms with Gasteiger partial charge in [-0.2, -0.15) is 0 Å². The van der Waals surface area contributed by atoms with Crippen molar-refractivity contribution in [1.29, 1.82) is 0 Å². The van der Waals surface area contributed by atoms with E-state index in [0.29, 0.717) is 28.9 Å². The Labute approximate surface area is 148 Å². The molecule has 5 heteroatoms. The van der Waals surface area contributed by atoms with Crippen LogP contribution in [0.5, 0.6) is 17.2 Å². The molecule has 1 atom stereocenters. The largest absolute Gasteiger partial charge is 0.497 e. The van der Waals surface area contributed by atoms with E-state index in [1.54, 1.807) is 32.4 Å². The summed E-state index contributed by atoms with van der Waals surface area (Å²) in [6.45, 7) is 4.26. The maximum absolute atomic E-state index is 12.1. The van der Waals surface area contributed by atoms with Gasteiger partial charge in [0.1, 0.15) is 17.2 Å². The highest BCUT2D eigenvalue weighted by molar-refractivity contribution is 5.93. The molecule has 0 bridgehead atoms. The molecule has 2 rings (SSSR count). The molecule has 25 heavy (non-hydrogen) atoms. The van der Waals surface area contributed by atoms with Crippen molar-refractivity contribution in [3.05, 3.63) is 48.0 Å². The van der Waals surface area contributed by atoms with Gasteiger partial charge in [-0.1, -0.05) is 26.0 Å². The molecule has 1 amide bonds. The molecule has 0 radical (unpaired) electrons. The van der Waals surface area contributed by atoms with E-state index < -0.39 is 0 Å². The summed E-state index contributed by atoms with van der Waals surface area (Å²) in [6.07, 6.45) is 1.09. The molecule has 0 saturated carbocycles. The van der Waals surface area contributed by atoms with E-state index in [1.165, 1.54) is 5.56 Å². The van der Waals surface area contributed by atoms with Gasteiger partial charge in [0.15, 0.2) is 6.61 Å². The third-order valence-corrected chi connectivity index (χ3v) is 4.11. The third-order valence-electron chi connectivity index (χ3n) is 4.11. The summed E-state index contributed by atoms with van der Waals surface area (Å²) in [4.78, 5) is 12.1. The second-order valence-electron chi connectivity index (χ2n) is 5.78. The van der Waals surface area contributed by atoms with Gasteiger partial charge in [0.2, 0.25) is 0 Å². The zero-order chi connectivity index (χ0) is 18.2. The summed E-state index contributed by atoms with van der Waals surface area (Å²) >= 11 is 0. The SMILES string of the molecule is CC[C@@H](C)c1ccc(OCC(=O)Nc2cc(OC)ccc2OC)cc1. The van der Waals surface area contributed by atoms with Crippen LogP contribution in [0.1, 0.15) is 31.7 Å². The first-order valence-corrected chi connectivity index (χ1v) is 8.32. The topological polar surface area (TPSA) is 56.8 Å². The lowest BCUT2D eigenvalue weighted by molar-refractivity contribution is -0.118. The average molecular weight is 343 g/mol. The fourth-order valence-corrected chi connectivity index (χ4v) is 2.38. The molecule has 1 N–H and O–H groups in total. The Balaban J connectivity index is 1.94. The first-order valence-electron chi connectivity index (χ1n) is 8.32. The third kappa shape index (κ3) is 5.14. The Kier molecular flexibility index (Phi) is 6.69. The normalized spacial score (nSPS) is 11.5. The van der Waals surface area contributed by atoms with E-state index in [0.717, 1.165) is 6.42 Å². The van der Waals surface area contributed by atoms with Gasteiger partial charge in [0.05, 0.1) is 19.9 Å². The van der Waals surface area contributed by atoms with Crippen LogP contribution in [0.4, 0.5) is 5.69 Å². The Morgan fingerprint density at radius 3 is 2.32 bits per heavy atom. The fourth-order valence-electron chi connectivity index (χ4n) is 2.38. The molecule has 2 aromatic carbocycles. The summed E-state index contributed by atoms with van der Waals surface area (Å²) in [7, 11) is 3.12. The van der Waals surface area contributed by atoms with Gasteiger partial charge in [-0.15, -0.1) is 0 Å². The molecule has 5 nitrogen and oxygen atoms in total. The number of amides is 1. The minimum Gasteiger partial charge on any atom is -0.497 e. The van der Waals surface area contributed by atoms with E-state index >= 15 is 0 Å². The molecular weight excluding hydrogens is 318 g/mol. The standard InChI is InChI=1S/C20H25NO4/c1-5-14(2)15-6-8-16(9-7-15)25-13-20(22)21-18-12-17(23-3)10-11-19(18)24-4/h6-12,14H,5,13H2,1-4H3,(H,21,22)/t14-/m1/s1. The quantitative estimate of drug-likeness (QED) is 0.779. The number of anilines is 1. The molecular formula is C20H25NO4. The predicted octanol–water partition coefficient (Wildman–Crippen LogP) is 4.23. The molecule has 134 valence electrons. The van der Waals surface area contributed by atoms with Gasteiger partial charge in [-0.05, 0) is 42.2 Å². The van der Waals surface area contributed by atoms with Crippen LogP contribution in [0.2, 0.25) is 0 Å². The highest BCUT2D eigenvalue weighted by Crippen LogP contribution is 2.29. The highest BCUT2D eigenvalue weighted by Gasteiger charge is 2.10. The summed E-state index contributed by atoms with van der Waals surface area (Å²) in [6, 6.07) is 13.1. The van der Waals surface area contributed by atoms with Crippen LogP contribution in [0.3, 0.4) is 0 Å². The molecule has 0 fully saturated rings. The van der Waals surface area contributed by atoms with Crippen molar-refractivity contribution in [1.82, 2.24) is 0 Å². The van der Waals surface area contributed by atoms with E-state index in [1.807, 2.05) is 24.3 Å². The van der Waals surface area contributed by atoms with Gasteiger partial charge >= 0.3 is 0 Å². The van der Waals surface area contributed by atoms with Crippen LogP contribution in [0, 0.1) is 0 Å². The summed E-state index contributed by atoms with van der Waals surface area (Å²) in [5, 5.41) is 2.78. The van der Waals surface area contributed by atoms with E-state index in [2.05, 4.69) is 19.2 Å². The Hall–Kier alpha value is -2.69. The second-order valence-corrected chi connectivity index (χ2v) is 5.78. The second kappa shape index (κ2) is 8.97. The molecule has 0 aliphatic carbocycles. The fraction of sp³-hybridized carbons (Fsp3) is 0.350. The number of carbonyl (C=O) groups is 1. The zero-order valence-electron chi connectivity index (χ0n) is 15.2. The van der Waals surface area contributed by atoms with Gasteiger partial charge < -0.3 is 19.5 Å². The van der Waals surface area contributed by atoms with E-state index in [-0.39, 0.29) is 12.5 Å². The van der Waals surface area contributed by atoms with Gasteiger partial charge in [0.25, 0.3) is 5.91 Å². The summed E-state index contributed by atoms with van der Waals surface area (Å²) in [5.74, 6) is 2.11. The minimum atomic E-state index is -0.266. The van der Waals surface area contributed by atoms with Gasteiger partial charge in [-0.25, -0.2) is 0 Å². The predicted molar refractivity (Wildman–Crippen MR) is 98.8 cm³/mol. The number of hydrogen-bond donors (Lipinski definition) is 1. The van der Waals surface area contributed by atoms with Crippen molar-refractivity contribution in [3.8, 4) is 17.2 Å². The van der Waals surface area contributed by atoms with Crippen molar-refractivity contribution in [2.45, 2.75) is 26.2 Å². The van der Waals surface area contributed by atoms with Crippen LogP contribution < -0.4 is 19.5 Å². The number of nitrogens with one attached hydrogen (secondary N) is 1. The van der Waals surface area contributed by atoms with Gasteiger partial charge in [-0.3, -0.25) is 4.79 Å². The Bertz CT molecular complexity index is 697. The first-order chi connectivity index (χ1) is 12.1. The van der Waals surface area contributed by atoms with Crippen LogP contribution >= 0.6 is 0 Å². The summed E-state index contributed by atoms with van der Waals surface area (Å²) in [5.41, 5.74) is 1.81. The Morgan fingerprint density at radius 2 is 1.72 bits per heavy atom.